The van der Waals surface area contributed by atoms with E-state index in [-0.39, 0.29) is 12.0 Å². The zero-order valence-electron chi connectivity index (χ0n) is 20.3. The van der Waals surface area contributed by atoms with E-state index in [1.165, 1.54) is 5.69 Å². The molecule has 11 heteroatoms. The van der Waals surface area contributed by atoms with Crippen molar-refractivity contribution in [2.45, 2.75) is 31.5 Å². The van der Waals surface area contributed by atoms with Gasteiger partial charge in [-0.15, -0.1) is 0 Å². The van der Waals surface area contributed by atoms with Crippen molar-refractivity contribution in [1.82, 2.24) is 15.3 Å². The van der Waals surface area contributed by atoms with Crippen molar-refractivity contribution in [3.05, 3.63) is 71.2 Å². The highest BCUT2D eigenvalue weighted by Crippen LogP contribution is 2.27. The van der Waals surface area contributed by atoms with Crippen LogP contribution in [0.2, 0.25) is 0 Å². The van der Waals surface area contributed by atoms with E-state index >= 15 is 0 Å². The van der Waals surface area contributed by atoms with Gasteiger partial charge in [0.15, 0.2) is 0 Å². The maximum atomic E-state index is 12.1. The molecular formula is C27H27F3N4O4. The van der Waals surface area contributed by atoms with E-state index < -0.39 is 12.1 Å². The number of amides is 1. The highest BCUT2D eigenvalue weighted by atomic mass is 19.4. The maximum Gasteiger partial charge on any atom is 0.490 e. The van der Waals surface area contributed by atoms with Crippen LogP contribution in [0.5, 0.6) is 0 Å². The number of rotatable bonds is 4. The second-order valence-corrected chi connectivity index (χ2v) is 8.96. The van der Waals surface area contributed by atoms with Crippen LogP contribution in [0.4, 0.5) is 18.9 Å². The predicted molar refractivity (Wildman–Crippen MR) is 137 cm³/mol. The molecule has 3 aromatic rings. The van der Waals surface area contributed by atoms with Gasteiger partial charge in [0, 0.05) is 54.9 Å². The van der Waals surface area contributed by atoms with Crippen molar-refractivity contribution < 1.29 is 33.0 Å². The Morgan fingerprint density at radius 3 is 2.50 bits per heavy atom. The Morgan fingerprint density at radius 2 is 1.82 bits per heavy atom. The average molecular weight is 529 g/mol. The summed E-state index contributed by atoms with van der Waals surface area (Å²) in [5, 5.41) is 19.8. The number of hydrogen-bond donors (Lipinski definition) is 4. The molecule has 0 spiro atoms. The number of nitrogens with one attached hydrogen (secondary N) is 2. The van der Waals surface area contributed by atoms with E-state index in [0.717, 1.165) is 66.1 Å². The van der Waals surface area contributed by atoms with Crippen molar-refractivity contribution in [3.8, 4) is 11.3 Å². The van der Waals surface area contributed by atoms with Crippen LogP contribution >= 0.6 is 0 Å². The number of carboxylic acid groups (broad SMARTS) is 1. The number of nitrogens with zero attached hydrogens (tertiary/aromatic N) is 2. The third-order valence-corrected chi connectivity index (χ3v) is 6.31. The zero-order chi connectivity index (χ0) is 27.3. The number of H-pyrrole nitrogens is 1. The molecule has 4 heterocycles. The molecular weight excluding hydrogens is 501 g/mol. The Balaban J connectivity index is 0.000000426. The molecule has 0 aliphatic carbocycles. The Morgan fingerprint density at radius 1 is 1.11 bits per heavy atom. The molecule has 5 rings (SSSR count). The minimum Gasteiger partial charge on any atom is -0.475 e. The first kappa shape index (κ1) is 26.9. The summed E-state index contributed by atoms with van der Waals surface area (Å²) in [6.07, 6.45) is 3.09. The number of aromatic amines is 1. The van der Waals surface area contributed by atoms with Crippen molar-refractivity contribution in [2.24, 2.45) is 0 Å². The first-order chi connectivity index (χ1) is 18.1. The van der Waals surface area contributed by atoms with Gasteiger partial charge in [-0.3, -0.25) is 9.78 Å². The summed E-state index contributed by atoms with van der Waals surface area (Å²) in [4.78, 5) is 31.2. The SMILES string of the molecule is O=C(O)C(F)(F)F.O=C1NCCc2[nH]c(-c3ccnc(/C=C/c4ccccc4N4CCC(O)CC4)c3)cc21. The minimum absolute atomic E-state index is 0.0141. The number of anilines is 1. The van der Waals surface area contributed by atoms with E-state index in [0.29, 0.717) is 6.54 Å². The standard InChI is InChI=1S/C25H26N4O2.C2HF3O2/c30-20-9-13-29(14-10-20)24-4-2-1-3-17(24)5-6-19-15-18(7-11-26-19)23-16-21-22(28-23)8-12-27-25(21)31;3-2(4,5)1(6)7/h1-7,11,15-16,20,28,30H,8-10,12-14H2,(H,27,31);(H,6,7)/b6-5+;. The van der Waals surface area contributed by atoms with Crippen LogP contribution in [-0.4, -0.2) is 64.0 Å². The number of fused-ring (bicyclic) bond motifs is 1. The van der Waals surface area contributed by atoms with Gasteiger partial charge in [0.1, 0.15) is 0 Å². The summed E-state index contributed by atoms with van der Waals surface area (Å²) < 4.78 is 31.7. The highest BCUT2D eigenvalue weighted by molar-refractivity contribution is 5.97. The smallest absolute Gasteiger partial charge is 0.475 e. The fourth-order valence-electron chi connectivity index (χ4n) is 4.35. The van der Waals surface area contributed by atoms with Gasteiger partial charge in [0.05, 0.1) is 17.4 Å². The lowest BCUT2D eigenvalue weighted by Crippen LogP contribution is -2.36. The minimum atomic E-state index is -5.08. The monoisotopic (exact) mass is 528 g/mol. The number of aliphatic carboxylic acids is 1. The lowest BCUT2D eigenvalue weighted by Gasteiger charge is -2.32. The van der Waals surface area contributed by atoms with Crippen LogP contribution in [0.1, 0.15) is 40.2 Å². The Kier molecular flexibility index (Phi) is 8.16. The molecule has 0 atom stereocenters. The molecule has 38 heavy (non-hydrogen) atoms. The van der Waals surface area contributed by atoms with Gasteiger partial charge in [-0.1, -0.05) is 24.3 Å². The quantitative estimate of drug-likeness (QED) is 0.405. The Bertz CT molecular complexity index is 1330. The number of hydrogen-bond acceptors (Lipinski definition) is 5. The van der Waals surface area contributed by atoms with Crippen LogP contribution < -0.4 is 10.2 Å². The number of aliphatic hydroxyl groups is 1. The molecule has 2 aromatic heterocycles. The first-order valence-corrected chi connectivity index (χ1v) is 12.1. The molecule has 2 aliphatic heterocycles. The number of carboxylic acids is 1. The van der Waals surface area contributed by atoms with Gasteiger partial charge in [0.25, 0.3) is 5.91 Å². The van der Waals surface area contributed by atoms with Gasteiger partial charge < -0.3 is 25.4 Å². The van der Waals surface area contributed by atoms with Gasteiger partial charge >= 0.3 is 12.1 Å². The van der Waals surface area contributed by atoms with Crippen molar-refractivity contribution >= 4 is 29.7 Å². The predicted octanol–water partition coefficient (Wildman–Crippen LogP) is 4.13. The summed E-state index contributed by atoms with van der Waals surface area (Å²) >= 11 is 0. The van der Waals surface area contributed by atoms with Crippen molar-refractivity contribution in [3.63, 3.8) is 0 Å². The molecule has 0 radical (unpaired) electrons. The van der Waals surface area contributed by atoms with Crippen LogP contribution in [0.3, 0.4) is 0 Å². The number of alkyl halides is 3. The van der Waals surface area contributed by atoms with Crippen LogP contribution in [0, 0.1) is 0 Å². The summed E-state index contributed by atoms with van der Waals surface area (Å²) in [7, 11) is 0. The van der Waals surface area contributed by atoms with Crippen LogP contribution in [0.15, 0.2) is 48.7 Å². The van der Waals surface area contributed by atoms with Gasteiger partial charge in [-0.05, 0) is 48.7 Å². The van der Waals surface area contributed by atoms with E-state index in [4.69, 9.17) is 9.90 Å². The number of piperidine rings is 1. The van der Waals surface area contributed by atoms with Gasteiger partial charge in [-0.2, -0.15) is 13.2 Å². The largest absolute Gasteiger partial charge is 0.490 e. The summed E-state index contributed by atoms with van der Waals surface area (Å²) in [6, 6.07) is 14.3. The molecule has 1 saturated heterocycles. The number of benzene rings is 1. The van der Waals surface area contributed by atoms with Crippen LogP contribution in [0.25, 0.3) is 23.4 Å². The van der Waals surface area contributed by atoms with E-state index in [1.807, 2.05) is 30.3 Å². The molecule has 0 bridgehead atoms. The normalized spacial score (nSPS) is 16.0. The van der Waals surface area contributed by atoms with Gasteiger partial charge in [0.2, 0.25) is 0 Å². The van der Waals surface area contributed by atoms with Crippen molar-refractivity contribution in [1.29, 1.82) is 0 Å². The zero-order valence-corrected chi connectivity index (χ0v) is 20.3. The molecule has 2 aliphatic rings. The number of halogens is 3. The number of para-hydroxylation sites is 1. The number of carbonyl (C=O) groups excluding carboxylic acids is 1. The fourth-order valence-corrected chi connectivity index (χ4v) is 4.35. The van der Waals surface area contributed by atoms with E-state index in [1.54, 1.807) is 6.20 Å². The molecule has 200 valence electrons. The third-order valence-electron chi connectivity index (χ3n) is 6.31. The lowest BCUT2D eigenvalue weighted by atomic mass is 10.0. The summed E-state index contributed by atoms with van der Waals surface area (Å²) in [5.74, 6) is -2.77. The van der Waals surface area contributed by atoms with Crippen molar-refractivity contribution in [2.75, 3.05) is 24.5 Å². The number of aliphatic hydroxyl groups excluding tert-OH is 1. The Hall–Kier alpha value is -4.12. The first-order valence-electron chi connectivity index (χ1n) is 12.1. The number of pyridine rings is 1. The fraction of sp³-hybridized carbons (Fsp3) is 0.296. The van der Waals surface area contributed by atoms with E-state index in [2.05, 4.69) is 44.5 Å². The molecule has 4 N–H and O–H groups in total. The number of aromatic nitrogens is 2. The summed E-state index contributed by atoms with van der Waals surface area (Å²) in [5.41, 5.74) is 6.85. The molecule has 1 aromatic carbocycles. The van der Waals surface area contributed by atoms with Gasteiger partial charge in [-0.25, -0.2) is 4.79 Å². The van der Waals surface area contributed by atoms with Crippen LogP contribution in [-0.2, 0) is 11.2 Å². The molecule has 0 saturated carbocycles. The maximum absolute atomic E-state index is 12.1. The average Bonchev–Trinajstić information content (AvgIpc) is 3.34. The third kappa shape index (κ3) is 6.60. The molecule has 0 unspecified atom stereocenters. The number of carbonyl (C=O) groups is 2. The van der Waals surface area contributed by atoms with E-state index in [9.17, 15) is 23.1 Å². The summed E-state index contributed by atoms with van der Waals surface area (Å²) in [6.45, 7) is 2.40. The second-order valence-electron chi connectivity index (χ2n) is 8.96. The second kappa shape index (κ2) is 11.5. The molecule has 1 fully saturated rings. The Labute approximate surface area is 216 Å². The lowest BCUT2D eigenvalue weighted by molar-refractivity contribution is -0.192. The topological polar surface area (TPSA) is 119 Å². The molecule has 1 amide bonds. The molecule has 8 nitrogen and oxygen atoms in total. The highest BCUT2D eigenvalue weighted by Gasteiger charge is 2.38.